The lowest BCUT2D eigenvalue weighted by Gasteiger charge is -2.24. The summed E-state index contributed by atoms with van der Waals surface area (Å²) in [6.07, 6.45) is 0.202. The summed E-state index contributed by atoms with van der Waals surface area (Å²) < 4.78 is 25.0. The van der Waals surface area contributed by atoms with E-state index in [0.29, 0.717) is 6.54 Å². The third-order valence-electron chi connectivity index (χ3n) is 2.41. The van der Waals surface area contributed by atoms with Crippen molar-refractivity contribution in [3.63, 3.8) is 0 Å². The Kier molecular flexibility index (Phi) is 5.64. The van der Waals surface area contributed by atoms with E-state index in [4.69, 9.17) is 0 Å². The Morgan fingerprint density at radius 3 is 2.61 bits per heavy atom. The van der Waals surface area contributed by atoms with E-state index in [-0.39, 0.29) is 13.1 Å². The van der Waals surface area contributed by atoms with Crippen LogP contribution in [-0.2, 0) is 11.3 Å². The Balaban J connectivity index is 2.68. The molecule has 0 bridgehead atoms. The second kappa shape index (κ2) is 7.00. The van der Waals surface area contributed by atoms with Crippen molar-refractivity contribution < 1.29 is 13.6 Å². The Labute approximate surface area is 105 Å². The molecule has 0 atom stereocenters. The van der Waals surface area contributed by atoms with Crippen molar-refractivity contribution in [2.75, 3.05) is 27.2 Å². The Hall–Kier alpha value is -1.56. The van der Waals surface area contributed by atoms with Gasteiger partial charge in [-0.25, -0.2) is 0 Å². The summed E-state index contributed by atoms with van der Waals surface area (Å²) in [6.45, 7) is 0.967. The van der Waals surface area contributed by atoms with Crippen LogP contribution in [0.3, 0.4) is 0 Å². The molecule has 0 saturated carbocycles. The van der Waals surface area contributed by atoms with Crippen LogP contribution in [0.5, 0.6) is 0 Å². The van der Waals surface area contributed by atoms with Gasteiger partial charge in [-0.05, 0) is 25.7 Å². The standard InChI is InChI=1S/C12H17F2N3O/c1-16(2)6-7-17(12(18)11(13)14)9-10-4-3-5-15-8-10/h3-5,8,11H,6-7,9H2,1-2H3. The SMILES string of the molecule is CN(C)CCN(Cc1cccnc1)C(=O)C(F)F. The van der Waals surface area contributed by atoms with Crippen molar-refractivity contribution in [3.8, 4) is 0 Å². The van der Waals surface area contributed by atoms with Crippen LogP contribution in [0.2, 0.25) is 0 Å². The summed E-state index contributed by atoms with van der Waals surface area (Å²) in [4.78, 5) is 18.3. The number of pyridine rings is 1. The van der Waals surface area contributed by atoms with Crippen molar-refractivity contribution in [1.29, 1.82) is 0 Å². The highest BCUT2D eigenvalue weighted by atomic mass is 19.3. The minimum atomic E-state index is -2.97. The van der Waals surface area contributed by atoms with Gasteiger partial charge in [0.2, 0.25) is 0 Å². The van der Waals surface area contributed by atoms with E-state index < -0.39 is 12.3 Å². The number of carbonyl (C=O) groups is 1. The van der Waals surface area contributed by atoms with Crippen LogP contribution in [0.4, 0.5) is 8.78 Å². The van der Waals surface area contributed by atoms with E-state index in [9.17, 15) is 13.6 Å². The number of nitrogens with zero attached hydrogens (tertiary/aromatic N) is 3. The predicted molar refractivity (Wildman–Crippen MR) is 64.2 cm³/mol. The number of hydrogen-bond acceptors (Lipinski definition) is 3. The average Bonchev–Trinajstić information content (AvgIpc) is 2.34. The molecule has 1 aromatic rings. The van der Waals surface area contributed by atoms with Gasteiger partial charge < -0.3 is 9.80 Å². The van der Waals surface area contributed by atoms with Crippen molar-refractivity contribution in [2.45, 2.75) is 13.0 Å². The molecule has 1 rings (SSSR count). The van der Waals surface area contributed by atoms with Gasteiger partial charge in [-0.15, -0.1) is 0 Å². The second-order valence-electron chi connectivity index (χ2n) is 4.23. The Morgan fingerprint density at radius 2 is 2.11 bits per heavy atom. The highest BCUT2D eigenvalue weighted by Crippen LogP contribution is 2.07. The number of hydrogen-bond donors (Lipinski definition) is 0. The fourth-order valence-corrected chi connectivity index (χ4v) is 1.44. The minimum Gasteiger partial charge on any atom is -0.332 e. The first-order valence-corrected chi connectivity index (χ1v) is 5.61. The largest absolute Gasteiger partial charge is 0.332 e. The molecule has 0 aromatic carbocycles. The van der Waals surface area contributed by atoms with E-state index >= 15 is 0 Å². The summed E-state index contributed by atoms with van der Waals surface area (Å²) >= 11 is 0. The minimum absolute atomic E-state index is 0.158. The van der Waals surface area contributed by atoms with E-state index in [2.05, 4.69) is 4.98 Å². The zero-order valence-corrected chi connectivity index (χ0v) is 10.5. The van der Waals surface area contributed by atoms with Crippen molar-refractivity contribution in [2.24, 2.45) is 0 Å². The lowest BCUT2D eigenvalue weighted by Crippen LogP contribution is -2.39. The molecule has 1 amide bonds. The fraction of sp³-hybridized carbons (Fsp3) is 0.500. The van der Waals surface area contributed by atoms with Crippen LogP contribution in [0.1, 0.15) is 5.56 Å². The highest BCUT2D eigenvalue weighted by Gasteiger charge is 2.23. The van der Waals surface area contributed by atoms with Crippen LogP contribution in [0, 0.1) is 0 Å². The molecule has 0 fully saturated rings. The molecule has 6 heteroatoms. The average molecular weight is 257 g/mol. The maximum Gasteiger partial charge on any atom is 0.315 e. The van der Waals surface area contributed by atoms with Crippen LogP contribution < -0.4 is 0 Å². The van der Waals surface area contributed by atoms with E-state index in [0.717, 1.165) is 10.5 Å². The van der Waals surface area contributed by atoms with Crippen molar-refractivity contribution in [1.82, 2.24) is 14.8 Å². The molecular formula is C12H17F2N3O. The van der Waals surface area contributed by atoms with Gasteiger partial charge >= 0.3 is 6.43 Å². The number of halogens is 2. The van der Waals surface area contributed by atoms with Gasteiger partial charge in [0.1, 0.15) is 0 Å². The van der Waals surface area contributed by atoms with E-state index in [1.54, 1.807) is 24.5 Å². The monoisotopic (exact) mass is 257 g/mol. The molecule has 1 aromatic heterocycles. The molecule has 0 aliphatic rings. The van der Waals surface area contributed by atoms with E-state index in [1.807, 2.05) is 19.0 Å². The zero-order chi connectivity index (χ0) is 13.5. The predicted octanol–water partition coefficient (Wildman–Crippen LogP) is 1.24. The van der Waals surface area contributed by atoms with Crippen LogP contribution in [0.25, 0.3) is 0 Å². The lowest BCUT2D eigenvalue weighted by atomic mass is 10.2. The Bertz CT molecular complexity index is 371. The third kappa shape index (κ3) is 4.75. The molecule has 0 aliphatic heterocycles. The summed E-state index contributed by atoms with van der Waals surface area (Å²) in [6, 6.07) is 3.47. The van der Waals surface area contributed by atoms with Gasteiger partial charge in [-0.2, -0.15) is 8.78 Å². The number of rotatable bonds is 6. The van der Waals surface area contributed by atoms with Crippen molar-refractivity contribution >= 4 is 5.91 Å². The summed E-state index contributed by atoms with van der Waals surface area (Å²) in [5, 5.41) is 0. The molecule has 0 unspecified atom stereocenters. The lowest BCUT2D eigenvalue weighted by molar-refractivity contribution is -0.143. The Morgan fingerprint density at radius 1 is 1.39 bits per heavy atom. The molecule has 0 aliphatic carbocycles. The second-order valence-corrected chi connectivity index (χ2v) is 4.23. The van der Waals surface area contributed by atoms with Crippen LogP contribution in [0.15, 0.2) is 24.5 Å². The van der Waals surface area contributed by atoms with Crippen LogP contribution in [-0.4, -0.2) is 54.3 Å². The smallest absolute Gasteiger partial charge is 0.315 e. The maximum absolute atomic E-state index is 12.5. The fourth-order valence-electron chi connectivity index (χ4n) is 1.44. The number of carbonyl (C=O) groups excluding carboxylic acids is 1. The highest BCUT2D eigenvalue weighted by molar-refractivity contribution is 5.79. The number of aromatic nitrogens is 1. The van der Waals surface area contributed by atoms with E-state index in [1.165, 1.54) is 0 Å². The first-order chi connectivity index (χ1) is 8.50. The first-order valence-electron chi connectivity index (χ1n) is 5.61. The summed E-state index contributed by atoms with van der Waals surface area (Å²) in [5.41, 5.74) is 0.741. The van der Waals surface area contributed by atoms with Crippen LogP contribution >= 0.6 is 0 Å². The molecule has 0 radical (unpaired) electrons. The van der Waals surface area contributed by atoms with Gasteiger partial charge in [0, 0.05) is 32.0 Å². The molecule has 4 nitrogen and oxygen atoms in total. The first kappa shape index (κ1) is 14.5. The maximum atomic E-state index is 12.5. The summed E-state index contributed by atoms with van der Waals surface area (Å²) in [5.74, 6) is -1.14. The molecule has 0 spiro atoms. The normalized spacial score (nSPS) is 11.0. The number of alkyl halides is 2. The van der Waals surface area contributed by atoms with Gasteiger partial charge in [0.15, 0.2) is 0 Å². The van der Waals surface area contributed by atoms with Gasteiger partial charge in [-0.1, -0.05) is 6.07 Å². The molecular weight excluding hydrogens is 240 g/mol. The molecule has 18 heavy (non-hydrogen) atoms. The molecule has 1 heterocycles. The number of likely N-dealkylation sites (N-methyl/N-ethyl adjacent to an activating group) is 1. The van der Waals surface area contributed by atoms with Gasteiger partial charge in [0.05, 0.1) is 0 Å². The molecule has 100 valence electrons. The summed E-state index contributed by atoms with van der Waals surface area (Å²) in [7, 11) is 3.66. The van der Waals surface area contributed by atoms with Crippen molar-refractivity contribution in [3.05, 3.63) is 30.1 Å². The van der Waals surface area contributed by atoms with Gasteiger partial charge in [0.25, 0.3) is 5.91 Å². The topological polar surface area (TPSA) is 36.4 Å². The van der Waals surface area contributed by atoms with Gasteiger partial charge in [-0.3, -0.25) is 9.78 Å². The quantitative estimate of drug-likeness (QED) is 0.769. The zero-order valence-electron chi connectivity index (χ0n) is 10.5. The molecule has 0 saturated heterocycles. The third-order valence-corrected chi connectivity index (χ3v) is 2.41. The number of amides is 1. The molecule has 0 N–H and O–H groups in total.